The molecule has 1 aliphatic heterocycles. The molecule has 0 radical (unpaired) electrons. The Hall–Kier alpha value is -1.02. The summed E-state index contributed by atoms with van der Waals surface area (Å²) in [6, 6.07) is 2.99. The number of ether oxygens (including phenoxy) is 2. The zero-order valence-electron chi connectivity index (χ0n) is 10.7. The predicted octanol–water partition coefficient (Wildman–Crippen LogP) is 0.378. The van der Waals surface area contributed by atoms with E-state index in [1.165, 1.54) is 19.2 Å². The van der Waals surface area contributed by atoms with Crippen LogP contribution >= 0.6 is 11.6 Å². The number of sulfone groups is 1. The third kappa shape index (κ3) is 3.17. The van der Waals surface area contributed by atoms with Gasteiger partial charge in [0.05, 0.1) is 25.2 Å². The minimum atomic E-state index is -3.32. The van der Waals surface area contributed by atoms with Crippen LogP contribution < -0.4 is 9.47 Å². The zero-order chi connectivity index (χ0) is 14.9. The van der Waals surface area contributed by atoms with Crippen LogP contribution in [0.5, 0.6) is 11.5 Å². The first-order valence-electron chi connectivity index (χ1n) is 5.88. The Kier molecular flexibility index (Phi) is 4.43. The highest BCUT2D eigenvalue weighted by molar-refractivity contribution is 7.91. The van der Waals surface area contributed by atoms with E-state index in [0.717, 1.165) is 0 Å². The van der Waals surface area contributed by atoms with E-state index < -0.39 is 22.0 Å². The lowest BCUT2D eigenvalue weighted by Crippen LogP contribution is -2.30. The van der Waals surface area contributed by atoms with Crippen molar-refractivity contribution in [1.82, 2.24) is 0 Å². The fourth-order valence-corrected chi connectivity index (χ4v) is 3.98. The van der Waals surface area contributed by atoms with Crippen molar-refractivity contribution in [2.24, 2.45) is 0 Å². The van der Waals surface area contributed by atoms with Crippen molar-refractivity contribution < 1.29 is 28.1 Å². The number of methoxy groups -OCH3 is 1. The first-order valence-corrected chi connectivity index (χ1v) is 8.08. The largest absolute Gasteiger partial charge is 0.493 e. The lowest BCUT2D eigenvalue weighted by molar-refractivity contribution is 0.0700. The van der Waals surface area contributed by atoms with Gasteiger partial charge in [-0.3, -0.25) is 0 Å². The molecule has 0 saturated carbocycles. The molecule has 1 aromatic carbocycles. The Labute approximate surface area is 121 Å². The van der Waals surface area contributed by atoms with Crippen LogP contribution in [0.15, 0.2) is 12.1 Å². The first-order chi connectivity index (χ1) is 9.36. The molecule has 6 nitrogen and oxygen atoms in total. The van der Waals surface area contributed by atoms with Gasteiger partial charge in [0, 0.05) is 16.7 Å². The molecule has 1 heterocycles. The molecule has 0 spiro atoms. The average Bonchev–Trinajstić information content (AvgIpc) is 2.63. The maximum Gasteiger partial charge on any atom is 0.167 e. The fourth-order valence-electron chi connectivity index (χ4n) is 2.09. The quantitative estimate of drug-likeness (QED) is 0.832. The second-order valence-corrected chi connectivity index (χ2v) is 7.15. The molecule has 2 unspecified atom stereocenters. The lowest BCUT2D eigenvalue weighted by atomic mass is 10.2. The second-order valence-electron chi connectivity index (χ2n) is 4.55. The van der Waals surface area contributed by atoms with Gasteiger partial charge in [0.15, 0.2) is 21.3 Å². The van der Waals surface area contributed by atoms with Crippen LogP contribution in [0.4, 0.5) is 0 Å². The number of aliphatic hydroxyl groups excluding tert-OH is 2. The Balaban J connectivity index is 2.33. The molecule has 0 aliphatic carbocycles. The molecule has 1 aliphatic rings. The Morgan fingerprint density at radius 1 is 1.40 bits per heavy atom. The Morgan fingerprint density at radius 3 is 2.60 bits per heavy atom. The van der Waals surface area contributed by atoms with E-state index in [-0.39, 0.29) is 29.6 Å². The molecule has 2 atom stereocenters. The highest BCUT2D eigenvalue weighted by Crippen LogP contribution is 2.36. The zero-order valence-corrected chi connectivity index (χ0v) is 12.3. The fraction of sp³-hybridized carbons (Fsp3) is 0.500. The van der Waals surface area contributed by atoms with Crippen molar-refractivity contribution in [2.75, 3.05) is 18.6 Å². The van der Waals surface area contributed by atoms with Gasteiger partial charge in [-0.2, -0.15) is 0 Å². The molecule has 0 aromatic heterocycles. The van der Waals surface area contributed by atoms with Crippen molar-refractivity contribution in [1.29, 1.82) is 0 Å². The van der Waals surface area contributed by atoms with Crippen LogP contribution in [0.3, 0.4) is 0 Å². The summed E-state index contributed by atoms with van der Waals surface area (Å²) in [5, 5.41) is 19.4. The topological polar surface area (TPSA) is 93.1 Å². The molecule has 1 fully saturated rings. The highest BCUT2D eigenvalue weighted by atomic mass is 35.5. The minimum absolute atomic E-state index is 0.195. The van der Waals surface area contributed by atoms with E-state index in [4.69, 9.17) is 21.1 Å². The van der Waals surface area contributed by atoms with Gasteiger partial charge < -0.3 is 19.7 Å². The summed E-state index contributed by atoms with van der Waals surface area (Å²) in [4.78, 5) is 0. The first kappa shape index (κ1) is 15.4. The maximum absolute atomic E-state index is 11.5. The number of rotatable bonds is 4. The van der Waals surface area contributed by atoms with Crippen molar-refractivity contribution in [3.63, 3.8) is 0 Å². The summed E-state index contributed by atoms with van der Waals surface area (Å²) < 4.78 is 33.6. The van der Waals surface area contributed by atoms with E-state index in [9.17, 15) is 18.6 Å². The summed E-state index contributed by atoms with van der Waals surface area (Å²) in [5.41, 5.74) is 0.367. The average molecular weight is 323 g/mol. The molecular weight excluding hydrogens is 308 g/mol. The molecule has 2 rings (SSSR count). The summed E-state index contributed by atoms with van der Waals surface area (Å²) in [5.74, 6) is -0.133. The molecule has 8 heteroatoms. The standard InChI is InChI=1S/C12H15ClO6S/c1-18-10-3-8(13)2-7(4-14)12(10)19-11-6-20(16,17)5-9(11)15/h2-3,9,11,14-15H,4-6H2,1H3. The third-order valence-corrected chi connectivity index (χ3v) is 4.93. The van der Waals surface area contributed by atoms with E-state index in [1.54, 1.807) is 0 Å². The number of hydrogen-bond acceptors (Lipinski definition) is 6. The summed E-state index contributed by atoms with van der Waals surface area (Å²) in [6.07, 6.45) is -1.99. The van der Waals surface area contributed by atoms with Crippen LogP contribution in [0, 0.1) is 0 Å². The number of aliphatic hydroxyl groups is 2. The van der Waals surface area contributed by atoms with Crippen LogP contribution in [0.1, 0.15) is 5.56 Å². The molecule has 20 heavy (non-hydrogen) atoms. The van der Waals surface area contributed by atoms with Gasteiger partial charge in [-0.15, -0.1) is 0 Å². The van der Waals surface area contributed by atoms with Crippen LogP contribution in [0.2, 0.25) is 5.02 Å². The van der Waals surface area contributed by atoms with E-state index in [0.29, 0.717) is 10.6 Å². The number of hydrogen-bond donors (Lipinski definition) is 2. The smallest absolute Gasteiger partial charge is 0.167 e. The monoisotopic (exact) mass is 322 g/mol. The van der Waals surface area contributed by atoms with Crippen LogP contribution in [-0.4, -0.2) is 49.5 Å². The van der Waals surface area contributed by atoms with Gasteiger partial charge in [-0.05, 0) is 6.07 Å². The molecule has 0 bridgehead atoms. The second kappa shape index (κ2) is 5.77. The van der Waals surface area contributed by atoms with Gasteiger partial charge >= 0.3 is 0 Å². The summed E-state index contributed by atoms with van der Waals surface area (Å²) in [7, 11) is -1.91. The van der Waals surface area contributed by atoms with E-state index in [1.807, 2.05) is 0 Å². The SMILES string of the molecule is COc1cc(Cl)cc(CO)c1OC1CS(=O)(=O)CC1O. The van der Waals surface area contributed by atoms with Gasteiger partial charge in [0.2, 0.25) is 0 Å². The maximum atomic E-state index is 11.5. The molecular formula is C12H15ClO6S. The van der Waals surface area contributed by atoms with Crippen molar-refractivity contribution >= 4 is 21.4 Å². The Bertz CT molecular complexity index is 575. The minimum Gasteiger partial charge on any atom is -0.493 e. The summed E-state index contributed by atoms with van der Waals surface area (Å²) in [6.45, 7) is -0.345. The van der Waals surface area contributed by atoms with E-state index in [2.05, 4.69) is 0 Å². The van der Waals surface area contributed by atoms with Gasteiger partial charge in [0.1, 0.15) is 12.2 Å². The number of halogens is 1. The molecule has 112 valence electrons. The van der Waals surface area contributed by atoms with Gasteiger partial charge in [-0.1, -0.05) is 11.6 Å². The van der Waals surface area contributed by atoms with Crippen LogP contribution in [-0.2, 0) is 16.4 Å². The lowest BCUT2D eigenvalue weighted by Gasteiger charge is -2.20. The third-order valence-electron chi connectivity index (χ3n) is 3.03. The van der Waals surface area contributed by atoms with Gasteiger partial charge in [-0.25, -0.2) is 8.42 Å². The molecule has 1 aromatic rings. The van der Waals surface area contributed by atoms with E-state index >= 15 is 0 Å². The van der Waals surface area contributed by atoms with Crippen molar-refractivity contribution in [3.05, 3.63) is 22.7 Å². The highest BCUT2D eigenvalue weighted by Gasteiger charge is 2.39. The van der Waals surface area contributed by atoms with Gasteiger partial charge in [0.25, 0.3) is 0 Å². The number of benzene rings is 1. The van der Waals surface area contributed by atoms with Crippen LogP contribution in [0.25, 0.3) is 0 Å². The Morgan fingerprint density at radius 2 is 2.10 bits per heavy atom. The summed E-state index contributed by atoms with van der Waals surface area (Å²) >= 11 is 5.88. The van der Waals surface area contributed by atoms with Crippen molar-refractivity contribution in [2.45, 2.75) is 18.8 Å². The normalized spacial score (nSPS) is 24.6. The molecule has 1 saturated heterocycles. The molecule has 0 amide bonds. The predicted molar refractivity (Wildman–Crippen MR) is 73.0 cm³/mol. The molecule has 2 N–H and O–H groups in total. The van der Waals surface area contributed by atoms with Crippen molar-refractivity contribution in [3.8, 4) is 11.5 Å².